The fraction of sp³-hybridized carbons (Fsp3) is 0.133. The number of nitrogens with two attached hydrogens (primary N) is 1. The molecule has 0 radical (unpaired) electrons. The summed E-state index contributed by atoms with van der Waals surface area (Å²) >= 11 is 7.87. The lowest BCUT2D eigenvalue weighted by Crippen LogP contribution is -1.91. The van der Waals surface area contributed by atoms with Gasteiger partial charge in [0, 0.05) is 28.8 Å². The van der Waals surface area contributed by atoms with E-state index in [1.165, 1.54) is 5.39 Å². The Kier molecular flexibility index (Phi) is 3.59. The van der Waals surface area contributed by atoms with Gasteiger partial charge in [-0.3, -0.25) is 4.68 Å². The zero-order chi connectivity index (χ0) is 14.1. The molecule has 2 aromatic carbocycles. The van der Waals surface area contributed by atoms with Crippen LogP contribution in [0.25, 0.3) is 10.9 Å². The van der Waals surface area contributed by atoms with Crippen LogP contribution in [0.5, 0.6) is 0 Å². The van der Waals surface area contributed by atoms with Crippen molar-refractivity contribution < 1.29 is 0 Å². The Morgan fingerprint density at radius 1 is 1.25 bits per heavy atom. The lowest BCUT2D eigenvalue weighted by atomic mass is 10.2. The summed E-state index contributed by atoms with van der Waals surface area (Å²) in [7, 11) is 1.96. The van der Waals surface area contributed by atoms with E-state index in [2.05, 4.69) is 17.2 Å². The first-order valence-electron chi connectivity index (χ1n) is 6.23. The fourth-order valence-electron chi connectivity index (χ4n) is 2.18. The van der Waals surface area contributed by atoms with Gasteiger partial charge in [0.1, 0.15) is 0 Å². The number of nitrogen functional groups attached to an aromatic ring is 1. The van der Waals surface area contributed by atoms with Gasteiger partial charge in [0.25, 0.3) is 0 Å². The van der Waals surface area contributed by atoms with Crippen LogP contribution in [0.2, 0.25) is 5.02 Å². The minimum Gasteiger partial charge on any atom is -0.399 e. The lowest BCUT2D eigenvalue weighted by molar-refractivity contribution is 0.781. The lowest BCUT2D eigenvalue weighted by Gasteiger charge is -2.04. The summed E-state index contributed by atoms with van der Waals surface area (Å²) in [6.07, 6.45) is 0. The van der Waals surface area contributed by atoms with Crippen molar-refractivity contribution in [3.05, 3.63) is 53.2 Å². The molecular weight excluding hydrogens is 290 g/mol. The number of nitrogens with zero attached hydrogens (tertiary/aromatic N) is 2. The second-order valence-corrected chi connectivity index (χ2v) is 5.99. The maximum atomic E-state index is 6.19. The van der Waals surface area contributed by atoms with Crippen LogP contribution in [0, 0.1) is 0 Å². The van der Waals surface area contributed by atoms with Crippen LogP contribution < -0.4 is 5.73 Å². The Bertz CT molecular complexity index is 767. The van der Waals surface area contributed by atoms with Gasteiger partial charge in [-0.1, -0.05) is 29.8 Å². The first-order valence-corrected chi connectivity index (χ1v) is 7.60. The molecule has 1 heterocycles. The van der Waals surface area contributed by atoms with Crippen molar-refractivity contribution in [1.29, 1.82) is 0 Å². The molecule has 0 fully saturated rings. The SMILES string of the molecule is Cn1nc(CSc2ccc(N)cc2Cl)c2ccccc21. The van der Waals surface area contributed by atoms with Gasteiger partial charge in [-0.05, 0) is 24.3 Å². The van der Waals surface area contributed by atoms with Crippen molar-refractivity contribution in [2.24, 2.45) is 7.05 Å². The molecule has 0 aliphatic carbocycles. The highest BCUT2D eigenvalue weighted by molar-refractivity contribution is 7.98. The zero-order valence-corrected chi connectivity index (χ0v) is 12.6. The minimum atomic E-state index is 0.683. The molecule has 102 valence electrons. The van der Waals surface area contributed by atoms with Gasteiger partial charge in [-0.15, -0.1) is 11.8 Å². The number of thioether (sulfide) groups is 1. The van der Waals surface area contributed by atoms with E-state index in [9.17, 15) is 0 Å². The van der Waals surface area contributed by atoms with Crippen molar-refractivity contribution in [3.8, 4) is 0 Å². The molecule has 3 rings (SSSR count). The predicted octanol–water partition coefficient (Wildman–Crippen LogP) is 4.10. The normalized spacial score (nSPS) is 11.1. The van der Waals surface area contributed by atoms with Crippen molar-refractivity contribution in [1.82, 2.24) is 9.78 Å². The molecule has 0 bridgehead atoms. The van der Waals surface area contributed by atoms with E-state index >= 15 is 0 Å². The topological polar surface area (TPSA) is 43.8 Å². The highest BCUT2D eigenvalue weighted by atomic mass is 35.5. The molecular formula is C15H14ClN3S. The third-order valence-electron chi connectivity index (χ3n) is 3.15. The smallest absolute Gasteiger partial charge is 0.0805 e. The molecule has 0 saturated carbocycles. The van der Waals surface area contributed by atoms with Crippen LogP contribution in [0.3, 0.4) is 0 Å². The molecule has 0 spiro atoms. The second kappa shape index (κ2) is 5.38. The van der Waals surface area contributed by atoms with Crippen LogP contribution in [-0.4, -0.2) is 9.78 Å². The van der Waals surface area contributed by atoms with Crippen molar-refractivity contribution in [2.75, 3.05) is 5.73 Å². The van der Waals surface area contributed by atoms with E-state index in [-0.39, 0.29) is 0 Å². The number of fused-ring (bicyclic) bond motifs is 1. The maximum absolute atomic E-state index is 6.19. The Morgan fingerprint density at radius 2 is 2.05 bits per heavy atom. The average molecular weight is 304 g/mol. The standard InChI is InChI=1S/C15H14ClN3S/c1-19-14-5-3-2-4-11(14)13(18-19)9-20-15-7-6-10(17)8-12(15)16/h2-8H,9,17H2,1H3. The molecule has 0 unspecified atom stereocenters. The van der Waals surface area contributed by atoms with Gasteiger partial charge < -0.3 is 5.73 Å². The van der Waals surface area contributed by atoms with Gasteiger partial charge in [0.15, 0.2) is 0 Å². The van der Waals surface area contributed by atoms with E-state index in [0.29, 0.717) is 10.7 Å². The summed E-state index contributed by atoms with van der Waals surface area (Å²) in [5.74, 6) is 0.783. The van der Waals surface area contributed by atoms with E-state index in [0.717, 1.165) is 21.9 Å². The molecule has 2 N–H and O–H groups in total. The Labute approximate surface area is 126 Å². The number of para-hydroxylation sites is 1. The molecule has 3 aromatic rings. The maximum Gasteiger partial charge on any atom is 0.0805 e. The zero-order valence-electron chi connectivity index (χ0n) is 11.0. The number of hydrogen-bond acceptors (Lipinski definition) is 3. The van der Waals surface area contributed by atoms with Crippen LogP contribution in [-0.2, 0) is 12.8 Å². The first-order chi connectivity index (χ1) is 9.65. The summed E-state index contributed by atoms with van der Waals surface area (Å²) in [6.45, 7) is 0. The fourth-order valence-corrected chi connectivity index (χ4v) is 3.39. The van der Waals surface area contributed by atoms with Crippen LogP contribution in [0.4, 0.5) is 5.69 Å². The molecule has 3 nitrogen and oxygen atoms in total. The number of halogens is 1. The molecule has 0 aliphatic rings. The molecule has 5 heteroatoms. The number of anilines is 1. The molecule has 0 aliphatic heterocycles. The van der Waals surface area contributed by atoms with Gasteiger partial charge >= 0.3 is 0 Å². The monoisotopic (exact) mass is 303 g/mol. The van der Waals surface area contributed by atoms with Gasteiger partial charge in [-0.25, -0.2) is 0 Å². The molecule has 0 amide bonds. The van der Waals surface area contributed by atoms with Crippen molar-refractivity contribution >= 4 is 40.0 Å². The highest BCUT2D eigenvalue weighted by Crippen LogP contribution is 2.32. The van der Waals surface area contributed by atoms with E-state index < -0.39 is 0 Å². The summed E-state index contributed by atoms with van der Waals surface area (Å²) in [5.41, 5.74) is 8.60. The Balaban J connectivity index is 1.87. The molecule has 0 saturated heterocycles. The van der Waals surface area contributed by atoms with E-state index in [4.69, 9.17) is 17.3 Å². The summed E-state index contributed by atoms with van der Waals surface area (Å²) < 4.78 is 1.91. The molecule has 0 atom stereocenters. The van der Waals surface area contributed by atoms with Crippen LogP contribution in [0.15, 0.2) is 47.4 Å². The minimum absolute atomic E-state index is 0.683. The number of hydrogen-bond donors (Lipinski definition) is 1. The van der Waals surface area contributed by atoms with Crippen LogP contribution in [0.1, 0.15) is 5.69 Å². The Hall–Kier alpha value is -1.65. The quantitative estimate of drug-likeness (QED) is 0.585. The van der Waals surface area contributed by atoms with E-state index in [1.54, 1.807) is 17.8 Å². The van der Waals surface area contributed by atoms with Gasteiger partial charge in [0.2, 0.25) is 0 Å². The van der Waals surface area contributed by atoms with Gasteiger partial charge in [0.05, 0.1) is 16.2 Å². The number of benzene rings is 2. The average Bonchev–Trinajstić information content (AvgIpc) is 2.75. The van der Waals surface area contributed by atoms with Crippen LogP contribution >= 0.6 is 23.4 Å². The second-order valence-electron chi connectivity index (χ2n) is 4.57. The van der Waals surface area contributed by atoms with Crippen molar-refractivity contribution in [2.45, 2.75) is 10.6 Å². The molecule has 1 aromatic heterocycles. The molecule has 20 heavy (non-hydrogen) atoms. The first kappa shape index (κ1) is 13.3. The number of rotatable bonds is 3. The summed E-state index contributed by atoms with van der Waals surface area (Å²) in [5, 5.41) is 6.46. The summed E-state index contributed by atoms with van der Waals surface area (Å²) in [4.78, 5) is 1.02. The summed E-state index contributed by atoms with van der Waals surface area (Å²) in [6, 6.07) is 13.8. The highest BCUT2D eigenvalue weighted by Gasteiger charge is 2.09. The Morgan fingerprint density at radius 3 is 2.85 bits per heavy atom. The number of aryl methyl sites for hydroxylation is 1. The third-order valence-corrected chi connectivity index (χ3v) is 4.66. The van der Waals surface area contributed by atoms with Gasteiger partial charge in [-0.2, -0.15) is 5.10 Å². The number of aromatic nitrogens is 2. The largest absolute Gasteiger partial charge is 0.399 e. The van der Waals surface area contributed by atoms with E-state index in [1.807, 2.05) is 36.0 Å². The third kappa shape index (κ3) is 2.49. The van der Waals surface area contributed by atoms with Crippen molar-refractivity contribution in [3.63, 3.8) is 0 Å². The predicted molar refractivity (Wildman–Crippen MR) is 86.1 cm³/mol.